The molecule has 3 nitrogen and oxygen atoms in total. The molecule has 0 aliphatic carbocycles. The lowest BCUT2D eigenvalue weighted by molar-refractivity contribution is 0.192. The van der Waals surface area contributed by atoms with Crippen molar-refractivity contribution in [3.05, 3.63) is 81.0 Å². The molecule has 6 heteroatoms. The summed E-state index contributed by atoms with van der Waals surface area (Å²) >= 11 is 13.8. The minimum Gasteiger partial charge on any atom is -0.508 e. The molecule has 27 heavy (non-hydrogen) atoms. The van der Waals surface area contributed by atoms with Crippen molar-refractivity contribution in [2.45, 2.75) is 12.5 Å². The van der Waals surface area contributed by atoms with Crippen molar-refractivity contribution in [1.82, 2.24) is 4.90 Å². The van der Waals surface area contributed by atoms with E-state index < -0.39 is 0 Å². The lowest BCUT2D eigenvalue weighted by Crippen LogP contribution is -2.41. The van der Waals surface area contributed by atoms with E-state index in [1.807, 2.05) is 24.3 Å². The summed E-state index contributed by atoms with van der Waals surface area (Å²) in [5.74, 6) is 0.952. The van der Waals surface area contributed by atoms with Crippen LogP contribution in [0, 0.1) is 0 Å². The predicted octanol–water partition coefficient (Wildman–Crippen LogP) is 5.46. The molecule has 0 spiro atoms. The molecule has 1 N–H and O–H groups in total. The number of rotatable bonds is 4. The third-order valence-electron chi connectivity index (χ3n) is 4.67. The number of thiocarbonyl (C=S) groups is 1. The van der Waals surface area contributed by atoms with Gasteiger partial charge in [-0.15, -0.1) is 11.3 Å². The van der Waals surface area contributed by atoms with Gasteiger partial charge in [-0.3, -0.25) is 0 Å². The summed E-state index contributed by atoms with van der Waals surface area (Å²) < 4.78 is 6.03. The second kappa shape index (κ2) is 7.89. The zero-order chi connectivity index (χ0) is 18.8. The molecular formula is C21H18ClNO2S2. The highest BCUT2D eigenvalue weighted by atomic mass is 35.5. The van der Waals surface area contributed by atoms with E-state index in [2.05, 4.69) is 16.3 Å². The number of ether oxygens (including phenoxy) is 1. The first-order valence-electron chi connectivity index (χ1n) is 8.66. The van der Waals surface area contributed by atoms with E-state index in [1.54, 1.807) is 35.6 Å². The Morgan fingerprint density at radius 2 is 2.04 bits per heavy atom. The smallest absolute Gasteiger partial charge is 0.119 e. The van der Waals surface area contributed by atoms with Gasteiger partial charge in [0, 0.05) is 22.0 Å². The Labute approximate surface area is 172 Å². The molecule has 1 aromatic heterocycles. The van der Waals surface area contributed by atoms with Crippen LogP contribution in [0.2, 0.25) is 5.02 Å². The maximum atomic E-state index is 9.45. The summed E-state index contributed by atoms with van der Waals surface area (Å²) in [5, 5.41) is 12.3. The Morgan fingerprint density at radius 3 is 2.81 bits per heavy atom. The molecular weight excluding hydrogens is 398 g/mol. The van der Waals surface area contributed by atoms with E-state index >= 15 is 0 Å². The third kappa shape index (κ3) is 3.95. The van der Waals surface area contributed by atoms with Crippen LogP contribution >= 0.6 is 35.2 Å². The number of nitrogens with zero attached hydrogens (tertiary/aromatic N) is 1. The van der Waals surface area contributed by atoms with Crippen molar-refractivity contribution in [2.24, 2.45) is 0 Å². The van der Waals surface area contributed by atoms with Gasteiger partial charge in [0.1, 0.15) is 23.1 Å². The van der Waals surface area contributed by atoms with E-state index in [1.165, 1.54) is 10.4 Å². The van der Waals surface area contributed by atoms with Crippen molar-refractivity contribution < 1.29 is 9.84 Å². The normalized spacial score (nSPS) is 16.0. The number of hydrogen-bond donors (Lipinski definition) is 1. The number of phenols is 1. The van der Waals surface area contributed by atoms with Gasteiger partial charge in [0.15, 0.2) is 0 Å². The molecule has 1 aliphatic heterocycles. The highest BCUT2D eigenvalue weighted by Crippen LogP contribution is 2.35. The Bertz CT molecular complexity index is 955. The predicted molar refractivity (Wildman–Crippen MR) is 114 cm³/mol. The summed E-state index contributed by atoms with van der Waals surface area (Å²) in [6.45, 7) is 1.33. The topological polar surface area (TPSA) is 32.7 Å². The first-order valence-corrected chi connectivity index (χ1v) is 10.3. The van der Waals surface area contributed by atoms with Crippen LogP contribution in [0.4, 0.5) is 0 Å². The first kappa shape index (κ1) is 18.3. The Hall–Kier alpha value is -2.08. The van der Waals surface area contributed by atoms with E-state index in [9.17, 15) is 5.11 Å². The third-order valence-corrected chi connectivity index (χ3v) is 6.37. The summed E-state index contributed by atoms with van der Waals surface area (Å²) in [5.41, 5.74) is 2.22. The van der Waals surface area contributed by atoms with E-state index in [0.29, 0.717) is 11.6 Å². The standard InChI is InChI=1S/C21H18ClNO2S2/c22-15-3-1-2-14(12-15)21(26)23-10-8-20-18(9-11-27-20)19(23)13-25-17-6-4-16(24)5-7-17/h1-7,9,11-12,19,24H,8,10,13H2. The quantitative estimate of drug-likeness (QED) is 0.573. The van der Waals surface area contributed by atoms with Crippen molar-refractivity contribution in [2.75, 3.05) is 13.2 Å². The van der Waals surface area contributed by atoms with Gasteiger partial charge in [0.05, 0.1) is 6.04 Å². The van der Waals surface area contributed by atoms with Gasteiger partial charge in [-0.2, -0.15) is 0 Å². The van der Waals surface area contributed by atoms with Crippen molar-refractivity contribution in [3.8, 4) is 11.5 Å². The lowest BCUT2D eigenvalue weighted by atomic mass is 9.99. The molecule has 1 unspecified atom stereocenters. The van der Waals surface area contributed by atoms with Crippen molar-refractivity contribution in [3.63, 3.8) is 0 Å². The SMILES string of the molecule is Oc1ccc(OCC2c3ccsc3CCN2C(=S)c2cccc(Cl)c2)cc1. The van der Waals surface area contributed by atoms with Gasteiger partial charge >= 0.3 is 0 Å². The zero-order valence-electron chi connectivity index (χ0n) is 14.5. The minimum absolute atomic E-state index is 0.0419. The van der Waals surface area contributed by atoms with Crippen LogP contribution in [0.15, 0.2) is 60.0 Å². The lowest BCUT2D eigenvalue weighted by Gasteiger charge is -2.37. The Balaban J connectivity index is 1.59. The molecule has 2 heterocycles. The highest BCUT2D eigenvalue weighted by molar-refractivity contribution is 7.80. The number of phenolic OH excluding ortho intramolecular Hbond substituents is 1. The molecule has 0 saturated carbocycles. The summed E-state index contributed by atoms with van der Waals surface area (Å²) in [6, 6.07) is 16.7. The van der Waals surface area contributed by atoms with E-state index in [4.69, 9.17) is 28.6 Å². The molecule has 3 aromatic rings. The average molecular weight is 416 g/mol. The number of aromatic hydroxyl groups is 1. The van der Waals surface area contributed by atoms with Gasteiger partial charge in [-0.1, -0.05) is 36.0 Å². The maximum Gasteiger partial charge on any atom is 0.119 e. The number of halogens is 1. The molecule has 0 amide bonds. The molecule has 1 atom stereocenters. The fourth-order valence-electron chi connectivity index (χ4n) is 3.32. The maximum absolute atomic E-state index is 9.45. The van der Waals surface area contributed by atoms with Gasteiger partial charge in [-0.25, -0.2) is 0 Å². The second-order valence-electron chi connectivity index (χ2n) is 6.38. The van der Waals surface area contributed by atoms with Gasteiger partial charge in [0.25, 0.3) is 0 Å². The Morgan fingerprint density at radius 1 is 1.22 bits per heavy atom. The van der Waals surface area contributed by atoms with Crippen LogP contribution in [0.3, 0.4) is 0 Å². The van der Waals surface area contributed by atoms with Crippen LogP contribution in [0.1, 0.15) is 22.0 Å². The molecule has 2 aromatic carbocycles. The second-order valence-corrected chi connectivity index (χ2v) is 8.20. The average Bonchev–Trinajstić information content (AvgIpc) is 3.16. The fourth-order valence-corrected chi connectivity index (χ4v) is 4.79. The molecule has 4 rings (SSSR count). The number of thiophene rings is 1. The molecule has 0 radical (unpaired) electrons. The fraction of sp³-hybridized carbons (Fsp3) is 0.190. The van der Waals surface area contributed by atoms with E-state index in [-0.39, 0.29) is 11.8 Å². The highest BCUT2D eigenvalue weighted by Gasteiger charge is 2.31. The van der Waals surface area contributed by atoms with Crippen LogP contribution in [0.25, 0.3) is 0 Å². The molecule has 0 bridgehead atoms. The number of benzene rings is 2. The molecule has 1 aliphatic rings. The van der Waals surface area contributed by atoms with Gasteiger partial charge in [0.2, 0.25) is 0 Å². The first-order chi connectivity index (χ1) is 13.1. The molecule has 0 fully saturated rings. The van der Waals surface area contributed by atoms with Crippen LogP contribution < -0.4 is 4.74 Å². The van der Waals surface area contributed by atoms with Crippen LogP contribution in [-0.2, 0) is 6.42 Å². The largest absolute Gasteiger partial charge is 0.508 e. The minimum atomic E-state index is 0.0419. The van der Waals surface area contributed by atoms with E-state index in [0.717, 1.165) is 29.3 Å². The molecule has 138 valence electrons. The Kier molecular flexibility index (Phi) is 5.34. The molecule has 0 saturated heterocycles. The van der Waals surface area contributed by atoms with Gasteiger partial charge in [-0.05, 0) is 59.8 Å². The summed E-state index contributed by atoms with van der Waals surface area (Å²) in [4.78, 5) is 4.41. The zero-order valence-corrected chi connectivity index (χ0v) is 16.9. The van der Waals surface area contributed by atoms with Gasteiger partial charge < -0.3 is 14.7 Å². The van der Waals surface area contributed by atoms with Crippen LogP contribution in [-0.4, -0.2) is 28.1 Å². The van der Waals surface area contributed by atoms with Crippen molar-refractivity contribution >= 4 is 40.1 Å². The monoisotopic (exact) mass is 415 g/mol. The number of hydrogen-bond acceptors (Lipinski definition) is 4. The summed E-state index contributed by atoms with van der Waals surface area (Å²) in [7, 11) is 0. The van der Waals surface area contributed by atoms with Crippen LogP contribution in [0.5, 0.6) is 11.5 Å². The van der Waals surface area contributed by atoms with Crippen molar-refractivity contribution in [1.29, 1.82) is 0 Å². The summed E-state index contributed by atoms with van der Waals surface area (Å²) in [6.07, 6.45) is 0.976. The number of fused-ring (bicyclic) bond motifs is 1.